The lowest BCUT2D eigenvalue weighted by atomic mass is 10.1. The smallest absolute Gasteiger partial charge is 0.310 e. The molecule has 1 aromatic carbocycles. The number of benzene rings is 1. The largest absolute Gasteiger partial charge is 0.469 e. The van der Waals surface area contributed by atoms with Crippen LogP contribution in [0.15, 0.2) is 24.3 Å². The van der Waals surface area contributed by atoms with Crippen LogP contribution in [0.25, 0.3) is 0 Å². The molecule has 0 N–H and O–H groups in total. The van der Waals surface area contributed by atoms with Gasteiger partial charge in [0.25, 0.3) is 0 Å². The number of nitrogens with zero attached hydrogens (tertiary/aromatic N) is 1. The molecule has 2 rings (SSSR count). The molecule has 0 saturated carbocycles. The second-order valence-electron chi connectivity index (χ2n) is 4.32. The summed E-state index contributed by atoms with van der Waals surface area (Å²) in [7, 11) is 1.34. The van der Waals surface area contributed by atoms with Gasteiger partial charge in [0.05, 0.1) is 13.0 Å². The monoisotopic (exact) mass is 267 g/mol. The summed E-state index contributed by atoms with van der Waals surface area (Å²) in [5.74, 6) is -0.669. The van der Waals surface area contributed by atoms with Crippen LogP contribution >= 0.6 is 11.6 Å². The van der Waals surface area contributed by atoms with E-state index in [-0.39, 0.29) is 24.2 Å². The zero-order chi connectivity index (χ0) is 13.1. The molecule has 1 saturated heterocycles. The molecule has 0 spiro atoms. The molecule has 18 heavy (non-hydrogen) atoms. The molecule has 0 radical (unpaired) electrons. The van der Waals surface area contributed by atoms with E-state index in [9.17, 15) is 9.59 Å². The molecule has 1 heterocycles. The van der Waals surface area contributed by atoms with Gasteiger partial charge in [0, 0.05) is 24.5 Å². The van der Waals surface area contributed by atoms with Crippen LogP contribution in [-0.4, -0.2) is 30.4 Å². The van der Waals surface area contributed by atoms with Crippen molar-refractivity contribution in [3.05, 3.63) is 34.9 Å². The molecule has 1 aliphatic rings. The highest BCUT2D eigenvalue weighted by molar-refractivity contribution is 6.30. The summed E-state index contributed by atoms with van der Waals surface area (Å²) in [4.78, 5) is 24.8. The first kappa shape index (κ1) is 12.9. The Morgan fingerprint density at radius 3 is 2.72 bits per heavy atom. The van der Waals surface area contributed by atoms with Gasteiger partial charge >= 0.3 is 5.97 Å². The minimum atomic E-state index is -0.338. The van der Waals surface area contributed by atoms with Gasteiger partial charge in [-0.2, -0.15) is 0 Å². The number of methoxy groups -OCH3 is 1. The van der Waals surface area contributed by atoms with Gasteiger partial charge in [-0.05, 0) is 17.7 Å². The third-order valence-corrected chi connectivity index (χ3v) is 3.29. The predicted molar refractivity (Wildman–Crippen MR) is 67.0 cm³/mol. The Balaban J connectivity index is 2.00. The Kier molecular flexibility index (Phi) is 3.87. The number of hydrogen-bond acceptors (Lipinski definition) is 3. The summed E-state index contributed by atoms with van der Waals surface area (Å²) < 4.78 is 4.66. The van der Waals surface area contributed by atoms with E-state index >= 15 is 0 Å². The van der Waals surface area contributed by atoms with E-state index < -0.39 is 0 Å². The lowest BCUT2D eigenvalue weighted by molar-refractivity contribution is -0.145. The van der Waals surface area contributed by atoms with E-state index in [1.54, 1.807) is 17.0 Å². The minimum Gasteiger partial charge on any atom is -0.469 e. The summed E-state index contributed by atoms with van der Waals surface area (Å²) in [5, 5.41) is 0.666. The first-order chi connectivity index (χ1) is 8.60. The van der Waals surface area contributed by atoms with Crippen molar-refractivity contribution in [2.24, 2.45) is 5.92 Å². The molecule has 0 aromatic heterocycles. The van der Waals surface area contributed by atoms with Gasteiger partial charge in [0.2, 0.25) is 5.91 Å². The Morgan fingerprint density at radius 1 is 1.44 bits per heavy atom. The standard InChI is InChI=1S/C13H14ClNO3/c1-18-13(17)10-6-12(16)15(8-10)7-9-2-4-11(14)5-3-9/h2-5,10H,6-8H2,1H3. The highest BCUT2D eigenvalue weighted by Gasteiger charge is 2.34. The second kappa shape index (κ2) is 5.40. The van der Waals surface area contributed by atoms with Crippen molar-refractivity contribution < 1.29 is 14.3 Å². The van der Waals surface area contributed by atoms with E-state index in [1.807, 2.05) is 12.1 Å². The van der Waals surface area contributed by atoms with Crippen LogP contribution in [0, 0.1) is 5.92 Å². The van der Waals surface area contributed by atoms with E-state index in [0.717, 1.165) is 5.56 Å². The molecule has 1 amide bonds. The second-order valence-corrected chi connectivity index (χ2v) is 4.76. The van der Waals surface area contributed by atoms with Crippen molar-refractivity contribution in [1.82, 2.24) is 4.90 Å². The van der Waals surface area contributed by atoms with Crippen molar-refractivity contribution in [3.8, 4) is 0 Å². The van der Waals surface area contributed by atoms with Crippen LogP contribution in [0.1, 0.15) is 12.0 Å². The Morgan fingerprint density at radius 2 is 2.11 bits per heavy atom. The van der Waals surface area contributed by atoms with E-state index in [2.05, 4.69) is 4.74 Å². The number of halogens is 1. The molecule has 5 heteroatoms. The molecule has 4 nitrogen and oxygen atoms in total. The average Bonchev–Trinajstić information content (AvgIpc) is 2.73. The van der Waals surface area contributed by atoms with Gasteiger partial charge < -0.3 is 9.64 Å². The maximum absolute atomic E-state index is 11.8. The molecule has 1 aromatic rings. The zero-order valence-corrected chi connectivity index (χ0v) is 10.8. The average molecular weight is 268 g/mol. The molecule has 1 atom stereocenters. The molecule has 0 aliphatic carbocycles. The summed E-state index contributed by atoms with van der Waals surface area (Å²) >= 11 is 5.80. The fourth-order valence-corrected chi connectivity index (χ4v) is 2.19. The highest BCUT2D eigenvalue weighted by atomic mass is 35.5. The Labute approximate surface area is 110 Å². The predicted octanol–water partition coefficient (Wildman–Crippen LogP) is 1.86. The van der Waals surface area contributed by atoms with Gasteiger partial charge in [0.1, 0.15) is 0 Å². The Hall–Kier alpha value is -1.55. The molecular formula is C13H14ClNO3. The minimum absolute atomic E-state index is 0.0136. The fraction of sp³-hybridized carbons (Fsp3) is 0.385. The molecule has 0 bridgehead atoms. The highest BCUT2D eigenvalue weighted by Crippen LogP contribution is 2.21. The zero-order valence-electron chi connectivity index (χ0n) is 10.1. The molecular weight excluding hydrogens is 254 g/mol. The van der Waals surface area contributed by atoms with Crippen molar-refractivity contribution in [3.63, 3.8) is 0 Å². The molecule has 1 unspecified atom stereocenters. The van der Waals surface area contributed by atoms with Crippen LogP contribution in [-0.2, 0) is 20.9 Å². The third kappa shape index (κ3) is 2.82. The molecule has 1 aliphatic heterocycles. The number of carbonyl (C=O) groups excluding carboxylic acids is 2. The summed E-state index contributed by atoms with van der Waals surface area (Å²) in [5.41, 5.74) is 0.998. The van der Waals surface area contributed by atoms with Crippen molar-refractivity contribution in [2.75, 3.05) is 13.7 Å². The van der Waals surface area contributed by atoms with Crippen molar-refractivity contribution in [1.29, 1.82) is 0 Å². The number of ether oxygens (including phenoxy) is 1. The van der Waals surface area contributed by atoms with Crippen LogP contribution in [0.4, 0.5) is 0 Å². The molecule has 1 fully saturated rings. The number of amides is 1. The van der Waals surface area contributed by atoms with Crippen molar-refractivity contribution >= 4 is 23.5 Å². The fourth-order valence-electron chi connectivity index (χ4n) is 2.06. The topological polar surface area (TPSA) is 46.6 Å². The number of esters is 1. The van der Waals surface area contributed by atoms with Gasteiger partial charge in [-0.3, -0.25) is 9.59 Å². The van der Waals surface area contributed by atoms with E-state index in [1.165, 1.54) is 7.11 Å². The first-order valence-corrected chi connectivity index (χ1v) is 6.08. The van der Waals surface area contributed by atoms with Crippen LogP contribution in [0.3, 0.4) is 0 Å². The Bertz CT molecular complexity index is 458. The summed E-state index contributed by atoms with van der Waals surface area (Å²) in [6.45, 7) is 0.928. The maximum atomic E-state index is 11.8. The van der Waals surface area contributed by atoms with E-state index in [0.29, 0.717) is 18.1 Å². The number of rotatable bonds is 3. The SMILES string of the molecule is COC(=O)C1CC(=O)N(Cc2ccc(Cl)cc2)C1. The lowest BCUT2D eigenvalue weighted by Gasteiger charge is -2.16. The number of carbonyl (C=O) groups is 2. The normalized spacial score (nSPS) is 19.1. The van der Waals surface area contributed by atoms with Gasteiger partial charge in [-0.25, -0.2) is 0 Å². The van der Waals surface area contributed by atoms with Crippen LogP contribution < -0.4 is 0 Å². The van der Waals surface area contributed by atoms with Gasteiger partial charge in [-0.1, -0.05) is 23.7 Å². The quantitative estimate of drug-likeness (QED) is 0.786. The summed E-state index contributed by atoms with van der Waals surface area (Å²) in [6, 6.07) is 7.33. The lowest BCUT2D eigenvalue weighted by Crippen LogP contribution is -2.26. The third-order valence-electron chi connectivity index (χ3n) is 3.04. The number of likely N-dealkylation sites (tertiary alicyclic amines) is 1. The molecule has 96 valence electrons. The summed E-state index contributed by atoms with van der Waals surface area (Å²) in [6.07, 6.45) is 0.236. The van der Waals surface area contributed by atoms with Crippen molar-refractivity contribution in [2.45, 2.75) is 13.0 Å². The van der Waals surface area contributed by atoms with Gasteiger partial charge in [-0.15, -0.1) is 0 Å². The first-order valence-electron chi connectivity index (χ1n) is 5.70. The van der Waals surface area contributed by atoms with Crippen LogP contribution in [0.5, 0.6) is 0 Å². The van der Waals surface area contributed by atoms with Gasteiger partial charge in [0.15, 0.2) is 0 Å². The van der Waals surface area contributed by atoms with Crippen LogP contribution in [0.2, 0.25) is 5.02 Å². The number of hydrogen-bond donors (Lipinski definition) is 0. The maximum Gasteiger partial charge on any atom is 0.310 e. The van der Waals surface area contributed by atoms with E-state index in [4.69, 9.17) is 11.6 Å².